The van der Waals surface area contributed by atoms with Crippen molar-refractivity contribution < 1.29 is 19.5 Å². The standard InChI is InChI=1S/C29H22BrN3O6S/c1-38-22-10-8-17(14-23(22)39-2)26-19-9-7-16-5-3-4-6-18(16)25(19)31-29-32(26)28(35)24(40-29)13-15-11-20(30)27(34)21(12-15)33(36)37/h3-6,8,10-14,26,34H,7,9H2,1-2H3/b24-13+/t26-/m1/s1. The van der Waals surface area contributed by atoms with Crippen molar-refractivity contribution in [2.45, 2.75) is 18.9 Å². The van der Waals surface area contributed by atoms with Crippen LogP contribution in [0.2, 0.25) is 0 Å². The number of thiazole rings is 1. The Bertz CT molecular complexity index is 1930. The molecule has 2 heterocycles. The molecule has 0 radical (unpaired) electrons. The van der Waals surface area contributed by atoms with Gasteiger partial charge in [0, 0.05) is 11.6 Å². The summed E-state index contributed by atoms with van der Waals surface area (Å²) in [6, 6.07) is 16.2. The van der Waals surface area contributed by atoms with E-state index in [4.69, 9.17) is 14.5 Å². The van der Waals surface area contributed by atoms with Gasteiger partial charge in [0.15, 0.2) is 16.3 Å². The zero-order chi connectivity index (χ0) is 28.1. The van der Waals surface area contributed by atoms with Crippen molar-refractivity contribution in [2.75, 3.05) is 14.2 Å². The van der Waals surface area contributed by atoms with Crippen molar-refractivity contribution in [3.63, 3.8) is 0 Å². The molecule has 0 amide bonds. The van der Waals surface area contributed by atoms with Crippen LogP contribution in [0.3, 0.4) is 0 Å². The number of rotatable bonds is 5. The highest BCUT2D eigenvalue weighted by Crippen LogP contribution is 2.43. The third kappa shape index (κ3) is 4.22. The summed E-state index contributed by atoms with van der Waals surface area (Å²) < 4.78 is 13.2. The van der Waals surface area contributed by atoms with E-state index < -0.39 is 22.4 Å². The summed E-state index contributed by atoms with van der Waals surface area (Å²) in [6.45, 7) is 0. The fraction of sp³-hybridized carbons (Fsp3) is 0.172. The largest absolute Gasteiger partial charge is 0.501 e. The molecule has 3 aromatic carbocycles. The summed E-state index contributed by atoms with van der Waals surface area (Å²) >= 11 is 4.39. The first-order chi connectivity index (χ1) is 19.3. The van der Waals surface area contributed by atoms with E-state index in [9.17, 15) is 20.0 Å². The van der Waals surface area contributed by atoms with Crippen LogP contribution in [-0.2, 0) is 6.42 Å². The third-order valence-electron chi connectivity index (χ3n) is 7.16. The van der Waals surface area contributed by atoms with Crippen molar-refractivity contribution >= 4 is 44.7 Å². The van der Waals surface area contributed by atoms with E-state index in [1.807, 2.05) is 30.3 Å². The van der Waals surface area contributed by atoms with Crippen LogP contribution < -0.4 is 24.4 Å². The predicted molar refractivity (Wildman–Crippen MR) is 155 cm³/mol. The Morgan fingerprint density at radius 1 is 1.12 bits per heavy atom. The SMILES string of the molecule is COc1ccc([C@@H]2C3=C(N=c4s/c(=C/c5cc(Br)c(O)c([N+](=O)[O-])c5)c(=O)n42)c2ccccc2CC3)cc1OC. The minimum absolute atomic E-state index is 0.163. The molecule has 6 rings (SSSR count). The molecule has 0 fully saturated rings. The molecule has 1 atom stereocenters. The molecule has 9 nitrogen and oxygen atoms in total. The number of allylic oxidation sites excluding steroid dienone is 1. The minimum atomic E-state index is -0.665. The van der Waals surface area contributed by atoms with Crippen LogP contribution in [-0.4, -0.2) is 28.8 Å². The Hall–Kier alpha value is -4.22. The van der Waals surface area contributed by atoms with Gasteiger partial charge in [0.05, 0.1) is 39.9 Å². The third-order valence-corrected chi connectivity index (χ3v) is 8.74. The highest BCUT2D eigenvalue weighted by Gasteiger charge is 2.33. The smallest absolute Gasteiger partial charge is 0.312 e. The van der Waals surface area contributed by atoms with Crippen molar-refractivity contribution in [3.8, 4) is 17.2 Å². The zero-order valence-corrected chi connectivity index (χ0v) is 23.8. The molecule has 1 aliphatic carbocycles. The number of aryl methyl sites for hydroxylation is 1. The minimum Gasteiger partial charge on any atom is -0.501 e. The van der Waals surface area contributed by atoms with Gasteiger partial charge in [-0.3, -0.25) is 19.5 Å². The van der Waals surface area contributed by atoms with Gasteiger partial charge >= 0.3 is 5.69 Å². The van der Waals surface area contributed by atoms with Crippen molar-refractivity contribution in [1.82, 2.24) is 4.57 Å². The molecule has 202 valence electrons. The van der Waals surface area contributed by atoms with E-state index in [1.165, 1.54) is 29.0 Å². The van der Waals surface area contributed by atoms with E-state index >= 15 is 0 Å². The lowest BCUT2D eigenvalue weighted by Crippen LogP contribution is -2.38. The number of hydrogen-bond acceptors (Lipinski definition) is 8. The lowest BCUT2D eigenvalue weighted by molar-refractivity contribution is -0.386. The van der Waals surface area contributed by atoms with Gasteiger partial charge in [-0.25, -0.2) is 4.99 Å². The summed E-state index contributed by atoms with van der Waals surface area (Å²) in [6.07, 6.45) is 3.14. The number of hydrogen-bond donors (Lipinski definition) is 1. The van der Waals surface area contributed by atoms with Gasteiger partial charge in [0.1, 0.15) is 0 Å². The average Bonchev–Trinajstić information content (AvgIpc) is 3.27. The summed E-state index contributed by atoms with van der Waals surface area (Å²) in [4.78, 5) is 30.3. The maximum absolute atomic E-state index is 14.0. The van der Waals surface area contributed by atoms with Gasteiger partial charge in [-0.15, -0.1) is 0 Å². The van der Waals surface area contributed by atoms with Crippen molar-refractivity contribution in [3.05, 3.63) is 117 Å². The lowest BCUT2D eigenvalue weighted by atomic mass is 9.83. The second-order valence-electron chi connectivity index (χ2n) is 9.36. The Labute approximate surface area is 240 Å². The second kappa shape index (κ2) is 10.1. The number of aromatic hydroxyl groups is 1. The van der Waals surface area contributed by atoms with Gasteiger partial charge in [-0.2, -0.15) is 0 Å². The van der Waals surface area contributed by atoms with E-state index in [0.29, 0.717) is 26.4 Å². The van der Waals surface area contributed by atoms with Gasteiger partial charge in [0.25, 0.3) is 5.56 Å². The van der Waals surface area contributed by atoms with E-state index in [2.05, 4.69) is 28.1 Å². The summed E-state index contributed by atoms with van der Waals surface area (Å²) in [7, 11) is 3.15. The molecule has 1 aliphatic heterocycles. The molecule has 1 N–H and O–H groups in total. The van der Waals surface area contributed by atoms with Crippen LogP contribution in [0, 0.1) is 10.1 Å². The monoisotopic (exact) mass is 619 g/mol. The molecule has 1 aromatic heterocycles. The highest BCUT2D eigenvalue weighted by atomic mass is 79.9. The number of nitrogens with zero attached hydrogens (tertiary/aromatic N) is 3. The van der Waals surface area contributed by atoms with E-state index in [1.54, 1.807) is 24.9 Å². The highest BCUT2D eigenvalue weighted by molar-refractivity contribution is 9.10. The maximum atomic E-state index is 14.0. The summed E-state index contributed by atoms with van der Waals surface area (Å²) in [5.41, 5.74) is 4.68. The van der Waals surface area contributed by atoms with Gasteiger partial charge < -0.3 is 14.6 Å². The van der Waals surface area contributed by atoms with Crippen LogP contribution >= 0.6 is 27.3 Å². The van der Waals surface area contributed by atoms with Crippen LogP contribution in [0.5, 0.6) is 17.2 Å². The van der Waals surface area contributed by atoms with Crippen LogP contribution in [0.25, 0.3) is 11.8 Å². The van der Waals surface area contributed by atoms with E-state index in [-0.39, 0.29) is 10.0 Å². The molecule has 11 heteroatoms. The molecule has 0 saturated carbocycles. The van der Waals surface area contributed by atoms with Crippen LogP contribution in [0.15, 0.2) is 74.4 Å². The van der Waals surface area contributed by atoms with Gasteiger partial charge in [-0.05, 0) is 75.3 Å². The number of phenols is 1. The number of nitro groups is 1. The van der Waals surface area contributed by atoms with Gasteiger partial charge in [-0.1, -0.05) is 41.7 Å². The average molecular weight is 620 g/mol. The molecular weight excluding hydrogens is 598 g/mol. The van der Waals surface area contributed by atoms with E-state index in [0.717, 1.165) is 35.2 Å². The Morgan fingerprint density at radius 3 is 2.65 bits per heavy atom. The molecule has 0 saturated heterocycles. The first-order valence-corrected chi connectivity index (χ1v) is 13.9. The van der Waals surface area contributed by atoms with Crippen LogP contribution in [0.1, 0.15) is 34.7 Å². The summed E-state index contributed by atoms with van der Waals surface area (Å²) in [5, 5.41) is 21.5. The molecule has 4 aromatic rings. The van der Waals surface area contributed by atoms with Crippen LogP contribution in [0.4, 0.5) is 5.69 Å². The number of nitro benzene ring substituents is 1. The Kier molecular flexibility index (Phi) is 6.55. The van der Waals surface area contributed by atoms with Crippen molar-refractivity contribution in [1.29, 1.82) is 0 Å². The first-order valence-electron chi connectivity index (χ1n) is 12.3. The zero-order valence-electron chi connectivity index (χ0n) is 21.4. The number of phenolic OH excluding ortho intramolecular Hbond substituents is 1. The Balaban J connectivity index is 1.61. The predicted octanol–water partition coefficient (Wildman–Crippen LogP) is 4.71. The fourth-order valence-electron chi connectivity index (χ4n) is 5.32. The molecule has 0 bridgehead atoms. The second-order valence-corrected chi connectivity index (χ2v) is 11.2. The molecule has 2 aliphatic rings. The number of methoxy groups -OCH3 is 2. The number of fused-ring (bicyclic) bond motifs is 3. The number of ether oxygens (including phenoxy) is 2. The summed E-state index contributed by atoms with van der Waals surface area (Å²) in [5.74, 6) is 0.670. The fourth-order valence-corrected chi connectivity index (χ4v) is 6.79. The number of halogens is 1. The Morgan fingerprint density at radius 2 is 1.90 bits per heavy atom. The molecular formula is C29H22BrN3O6S. The molecule has 0 spiro atoms. The first kappa shape index (κ1) is 26.0. The normalized spacial score (nSPS) is 16.1. The number of benzene rings is 3. The number of aromatic nitrogens is 1. The lowest BCUT2D eigenvalue weighted by Gasteiger charge is -2.31. The topological polar surface area (TPSA) is 116 Å². The van der Waals surface area contributed by atoms with Gasteiger partial charge in [0.2, 0.25) is 5.75 Å². The maximum Gasteiger partial charge on any atom is 0.312 e. The molecule has 40 heavy (non-hydrogen) atoms. The quantitative estimate of drug-likeness (QED) is 0.255. The van der Waals surface area contributed by atoms with Crippen molar-refractivity contribution in [2.24, 2.45) is 4.99 Å². The molecule has 0 unspecified atom stereocenters.